The number of carbonyl (C=O) groups is 2. The van der Waals surface area contributed by atoms with Gasteiger partial charge in [0.2, 0.25) is 5.91 Å². The number of anilines is 1. The van der Waals surface area contributed by atoms with E-state index in [0.29, 0.717) is 11.3 Å². The zero-order valence-corrected chi connectivity index (χ0v) is 13.0. The zero-order chi connectivity index (χ0) is 16.8. The first-order valence-electron chi connectivity index (χ1n) is 7.39. The molecule has 0 aliphatic heterocycles. The molecule has 0 fully saturated rings. The molecule has 2 N–H and O–H groups in total. The molecule has 2 aromatic carbocycles. The fourth-order valence-electron chi connectivity index (χ4n) is 2.10. The number of amides is 2. The molecule has 0 heterocycles. The molecule has 0 spiro atoms. The van der Waals surface area contributed by atoms with Crippen LogP contribution in [0.5, 0.6) is 0 Å². The van der Waals surface area contributed by atoms with E-state index in [2.05, 4.69) is 10.6 Å². The van der Waals surface area contributed by atoms with Crippen molar-refractivity contribution in [3.8, 4) is 0 Å². The van der Waals surface area contributed by atoms with Crippen molar-refractivity contribution in [1.82, 2.24) is 5.32 Å². The van der Waals surface area contributed by atoms with Crippen molar-refractivity contribution in [3.63, 3.8) is 0 Å². The van der Waals surface area contributed by atoms with E-state index in [-0.39, 0.29) is 11.8 Å². The van der Waals surface area contributed by atoms with Crippen LogP contribution in [0.25, 0.3) is 0 Å². The topological polar surface area (TPSA) is 58.2 Å². The summed E-state index contributed by atoms with van der Waals surface area (Å²) in [5.41, 5.74) is 0.976. The number of hydrogen-bond acceptors (Lipinski definition) is 2. The molecule has 120 valence electrons. The Labute approximate surface area is 134 Å². The van der Waals surface area contributed by atoms with E-state index < -0.39 is 17.8 Å². The molecule has 0 bridgehead atoms. The molecule has 2 amide bonds. The number of para-hydroxylation sites is 1. The monoisotopic (exact) mass is 314 g/mol. The third-order valence-corrected chi connectivity index (χ3v) is 3.38. The van der Waals surface area contributed by atoms with Crippen LogP contribution in [0, 0.1) is 11.7 Å². The minimum Gasteiger partial charge on any atom is -0.340 e. The first kappa shape index (κ1) is 16.7. The molecule has 2 aromatic rings. The summed E-state index contributed by atoms with van der Waals surface area (Å²) < 4.78 is 12.9. The lowest BCUT2D eigenvalue weighted by Gasteiger charge is -2.21. The van der Waals surface area contributed by atoms with Crippen LogP contribution in [-0.4, -0.2) is 17.9 Å². The average Bonchev–Trinajstić information content (AvgIpc) is 2.53. The highest BCUT2D eigenvalue weighted by atomic mass is 19.1. The van der Waals surface area contributed by atoms with Crippen LogP contribution in [0.4, 0.5) is 10.1 Å². The van der Waals surface area contributed by atoms with E-state index in [1.54, 1.807) is 12.1 Å². The molecule has 2 rings (SSSR count). The molecule has 0 aliphatic rings. The number of rotatable bonds is 5. The smallest absolute Gasteiger partial charge is 0.251 e. The molecule has 4 nitrogen and oxygen atoms in total. The van der Waals surface area contributed by atoms with Gasteiger partial charge in [-0.05, 0) is 42.3 Å². The molecule has 23 heavy (non-hydrogen) atoms. The number of carbonyl (C=O) groups excluding carboxylic acids is 2. The quantitative estimate of drug-likeness (QED) is 0.890. The standard InChI is InChI=1S/C18H19FN2O2/c1-12(2)16(18(23)20-15-6-4-3-5-7-15)21-17(22)13-8-10-14(19)11-9-13/h3-12,16H,1-2H3,(H,20,23)(H,21,22)/t16-/m0/s1. The van der Waals surface area contributed by atoms with Gasteiger partial charge in [-0.3, -0.25) is 9.59 Å². The van der Waals surface area contributed by atoms with Gasteiger partial charge in [0.15, 0.2) is 0 Å². The largest absolute Gasteiger partial charge is 0.340 e. The molecular formula is C18H19FN2O2. The lowest BCUT2D eigenvalue weighted by molar-refractivity contribution is -0.118. The molecule has 0 unspecified atom stereocenters. The van der Waals surface area contributed by atoms with Crippen molar-refractivity contribution in [2.24, 2.45) is 5.92 Å². The van der Waals surface area contributed by atoms with Gasteiger partial charge in [-0.25, -0.2) is 4.39 Å². The van der Waals surface area contributed by atoms with E-state index in [4.69, 9.17) is 0 Å². The second kappa shape index (κ2) is 7.54. The van der Waals surface area contributed by atoms with Crippen molar-refractivity contribution in [2.45, 2.75) is 19.9 Å². The summed E-state index contributed by atoms with van der Waals surface area (Å²) in [4.78, 5) is 24.6. The lowest BCUT2D eigenvalue weighted by Crippen LogP contribution is -2.47. The number of halogens is 1. The Balaban J connectivity index is 2.07. The number of nitrogens with one attached hydrogen (secondary N) is 2. The maximum Gasteiger partial charge on any atom is 0.251 e. The van der Waals surface area contributed by atoms with Crippen molar-refractivity contribution in [2.75, 3.05) is 5.32 Å². The van der Waals surface area contributed by atoms with Gasteiger partial charge in [-0.2, -0.15) is 0 Å². The maximum absolute atomic E-state index is 12.9. The summed E-state index contributed by atoms with van der Waals surface area (Å²) in [6.45, 7) is 3.69. The van der Waals surface area contributed by atoms with Crippen LogP contribution in [0.2, 0.25) is 0 Å². The predicted molar refractivity (Wildman–Crippen MR) is 87.6 cm³/mol. The van der Waals surface area contributed by atoms with Crippen molar-refractivity contribution in [3.05, 3.63) is 66.0 Å². The van der Waals surface area contributed by atoms with Crippen LogP contribution in [-0.2, 0) is 4.79 Å². The van der Waals surface area contributed by atoms with Gasteiger partial charge < -0.3 is 10.6 Å². The summed E-state index contributed by atoms with van der Waals surface area (Å²) >= 11 is 0. The molecule has 0 radical (unpaired) electrons. The highest BCUT2D eigenvalue weighted by Crippen LogP contribution is 2.10. The first-order chi connectivity index (χ1) is 11.0. The lowest BCUT2D eigenvalue weighted by atomic mass is 10.0. The molecule has 0 saturated heterocycles. The third-order valence-electron chi connectivity index (χ3n) is 3.38. The average molecular weight is 314 g/mol. The Bertz CT molecular complexity index is 669. The zero-order valence-electron chi connectivity index (χ0n) is 13.0. The number of hydrogen-bond donors (Lipinski definition) is 2. The van der Waals surface area contributed by atoms with Gasteiger partial charge in [-0.1, -0.05) is 32.0 Å². The normalized spacial score (nSPS) is 11.8. The third kappa shape index (κ3) is 4.64. The molecule has 5 heteroatoms. The van der Waals surface area contributed by atoms with E-state index in [1.165, 1.54) is 24.3 Å². The van der Waals surface area contributed by atoms with Crippen LogP contribution in [0.15, 0.2) is 54.6 Å². The van der Waals surface area contributed by atoms with E-state index >= 15 is 0 Å². The Morgan fingerprint density at radius 2 is 1.57 bits per heavy atom. The molecule has 0 aliphatic carbocycles. The highest BCUT2D eigenvalue weighted by Gasteiger charge is 2.24. The maximum atomic E-state index is 12.9. The van der Waals surface area contributed by atoms with Gasteiger partial charge in [0.05, 0.1) is 0 Å². The summed E-state index contributed by atoms with van der Waals surface area (Å²) in [6.07, 6.45) is 0. The highest BCUT2D eigenvalue weighted by molar-refractivity contribution is 6.01. The minimum atomic E-state index is -0.687. The van der Waals surface area contributed by atoms with E-state index in [0.717, 1.165) is 0 Å². The Morgan fingerprint density at radius 1 is 0.957 bits per heavy atom. The molecule has 1 atom stereocenters. The van der Waals surface area contributed by atoms with E-state index in [1.807, 2.05) is 32.0 Å². The van der Waals surface area contributed by atoms with Crippen LogP contribution in [0.3, 0.4) is 0 Å². The van der Waals surface area contributed by atoms with Crippen LogP contribution >= 0.6 is 0 Å². The fraction of sp³-hybridized carbons (Fsp3) is 0.222. The van der Waals surface area contributed by atoms with Crippen LogP contribution < -0.4 is 10.6 Å². The van der Waals surface area contributed by atoms with Crippen molar-refractivity contribution in [1.29, 1.82) is 0 Å². The van der Waals surface area contributed by atoms with Crippen molar-refractivity contribution < 1.29 is 14.0 Å². The molecular weight excluding hydrogens is 295 g/mol. The van der Waals surface area contributed by atoms with Crippen LogP contribution in [0.1, 0.15) is 24.2 Å². The SMILES string of the molecule is CC(C)[C@H](NC(=O)c1ccc(F)cc1)C(=O)Nc1ccccc1. The van der Waals surface area contributed by atoms with Gasteiger partial charge in [0, 0.05) is 11.3 Å². The van der Waals surface area contributed by atoms with Gasteiger partial charge >= 0.3 is 0 Å². The summed E-state index contributed by atoms with van der Waals surface area (Å²) in [6, 6.07) is 13.5. The summed E-state index contributed by atoms with van der Waals surface area (Å²) in [5.74, 6) is -1.21. The molecule has 0 saturated carbocycles. The fourth-order valence-corrected chi connectivity index (χ4v) is 2.10. The van der Waals surface area contributed by atoms with E-state index in [9.17, 15) is 14.0 Å². The van der Waals surface area contributed by atoms with Gasteiger partial charge in [0.1, 0.15) is 11.9 Å². The molecule has 0 aromatic heterocycles. The van der Waals surface area contributed by atoms with Gasteiger partial charge in [0.25, 0.3) is 5.91 Å². The Hall–Kier alpha value is -2.69. The summed E-state index contributed by atoms with van der Waals surface area (Å²) in [5, 5.41) is 5.47. The first-order valence-corrected chi connectivity index (χ1v) is 7.39. The minimum absolute atomic E-state index is 0.0943. The Kier molecular flexibility index (Phi) is 5.46. The predicted octanol–water partition coefficient (Wildman–Crippen LogP) is 3.22. The second-order valence-corrected chi connectivity index (χ2v) is 5.56. The van der Waals surface area contributed by atoms with Gasteiger partial charge in [-0.15, -0.1) is 0 Å². The number of benzene rings is 2. The summed E-state index contributed by atoms with van der Waals surface area (Å²) in [7, 11) is 0. The second-order valence-electron chi connectivity index (χ2n) is 5.56. The Morgan fingerprint density at radius 3 is 2.13 bits per heavy atom. The van der Waals surface area contributed by atoms with Crippen molar-refractivity contribution >= 4 is 17.5 Å².